The molecule has 0 saturated heterocycles. The summed E-state index contributed by atoms with van der Waals surface area (Å²) in [5.74, 6) is 0.238. The molecule has 3 aromatic carbocycles. The zero-order valence-corrected chi connectivity index (χ0v) is 21.8. The summed E-state index contributed by atoms with van der Waals surface area (Å²) in [7, 11) is -3.82. The Morgan fingerprint density at radius 1 is 0.861 bits per heavy atom. The van der Waals surface area contributed by atoms with Gasteiger partial charge in [0.05, 0.1) is 23.2 Å². The standard InChI is InChI=1S/C27H31N3O5S/c1-19(25(31)28-24-14-10-9-13-23(24)26(32)29-27(2,3)4)30(36(5,33)34)20-15-17-22(18-16-20)35-21-11-7-6-8-12-21/h6-19H,1-5H3,(H,28,31)(H,29,32)/t19-/m0/s1. The van der Waals surface area contributed by atoms with Crippen LogP contribution in [0.2, 0.25) is 0 Å². The van der Waals surface area contributed by atoms with Crippen LogP contribution in [0.3, 0.4) is 0 Å². The molecule has 0 spiro atoms. The Morgan fingerprint density at radius 2 is 1.42 bits per heavy atom. The number of hydrogen-bond acceptors (Lipinski definition) is 5. The third kappa shape index (κ3) is 7.08. The maximum absolute atomic E-state index is 13.2. The number of sulfonamides is 1. The van der Waals surface area contributed by atoms with E-state index in [1.54, 1.807) is 48.5 Å². The van der Waals surface area contributed by atoms with Crippen LogP contribution in [0.4, 0.5) is 11.4 Å². The van der Waals surface area contributed by atoms with Crippen LogP contribution in [0, 0.1) is 0 Å². The summed E-state index contributed by atoms with van der Waals surface area (Å²) < 4.78 is 32.2. The normalized spacial score (nSPS) is 12.4. The fourth-order valence-corrected chi connectivity index (χ4v) is 4.70. The van der Waals surface area contributed by atoms with Crippen LogP contribution in [-0.4, -0.2) is 38.1 Å². The molecule has 9 heteroatoms. The summed E-state index contributed by atoms with van der Waals surface area (Å²) in [5.41, 5.74) is 0.405. The number of nitrogens with one attached hydrogen (secondary N) is 2. The van der Waals surface area contributed by atoms with Crippen LogP contribution in [-0.2, 0) is 14.8 Å². The van der Waals surface area contributed by atoms with Crippen molar-refractivity contribution < 1.29 is 22.7 Å². The van der Waals surface area contributed by atoms with Gasteiger partial charge in [-0.3, -0.25) is 13.9 Å². The van der Waals surface area contributed by atoms with Crippen molar-refractivity contribution in [3.8, 4) is 11.5 Å². The summed E-state index contributed by atoms with van der Waals surface area (Å²) in [6, 6.07) is 21.1. The zero-order chi connectivity index (χ0) is 26.5. The highest BCUT2D eigenvalue weighted by Gasteiger charge is 2.30. The van der Waals surface area contributed by atoms with Gasteiger partial charge in [-0.15, -0.1) is 0 Å². The van der Waals surface area contributed by atoms with E-state index >= 15 is 0 Å². The molecule has 0 fully saturated rings. The second-order valence-electron chi connectivity index (χ2n) is 9.38. The average Bonchev–Trinajstić information content (AvgIpc) is 2.79. The number of para-hydroxylation sites is 2. The number of carbonyl (C=O) groups excluding carboxylic acids is 2. The lowest BCUT2D eigenvalue weighted by molar-refractivity contribution is -0.116. The second-order valence-corrected chi connectivity index (χ2v) is 11.2. The maximum atomic E-state index is 13.2. The van der Waals surface area contributed by atoms with E-state index in [9.17, 15) is 18.0 Å². The molecule has 0 heterocycles. The summed E-state index contributed by atoms with van der Waals surface area (Å²) >= 11 is 0. The molecule has 2 amide bonds. The maximum Gasteiger partial charge on any atom is 0.253 e. The molecule has 0 aliphatic heterocycles. The van der Waals surface area contributed by atoms with Crippen molar-refractivity contribution in [2.45, 2.75) is 39.3 Å². The number of rotatable bonds is 8. The van der Waals surface area contributed by atoms with Gasteiger partial charge in [0.25, 0.3) is 5.91 Å². The van der Waals surface area contributed by atoms with Gasteiger partial charge in [0.15, 0.2) is 0 Å². The Kier molecular flexibility index (Phi) is 8.04. The van der Waals surface area contributed by atoms with Crippen molar-refractivity contribution in [3.63, 3.8) is 0 Å². The van der Waals surface area contributed by atoms with E-state index in [1.807, 2.05) is 51.1 Å². The molecule has 0 unspecified atom stereocenters. The zero-order valence-electron chi connectivity index (χ0n) is 21.0. The van der Waals surface area contributed by atoms with Gasteiger partial charge in [0, 0.05) is 5.54 Å². The molecule has 0 aliphatic carbocycles. The minimum absolute atomic E-state index is 0.279. The van der Waals surface area contributed by atoms with Crippen molar-refractivity contribution >= 4 is 33.2 Å². The highest BCUT2D eigenvalue weighted by molar-refractivity contribution is 7.92. The molecule has 0 aliphatic rings. The Labute approximate surface area is 212 Å². The minimum atomic E-state index is -3.82. The lowest BCUT2D eigenvalue weighted by Gasteiger charge is -2.28. The number of carbonyl (C=O) groups is 2. The van der Waals surface area contributed by atoms with E-state index in [1.165, 1.54) is 6.92 Å². The van der Waals surface area contributed by atoms with Crippen molar-refractivity contribution in [2.75, 3.05) is 15.9 Å². The quantitative estimate of drug-likeness (QED) is 0.454. The second kappa shape index (κ2) is 10.8. The van der Waals surface area contributed by atoms with Gasteiger partial charge < -0.3 is 15.4 Å². The highest BCUT2D eigenvalue weighted by atomic mass is 32.2. The van der Waals surface area contributed by atoms with Gasteiger partial charge in [-0.2, -0.15) is 0 Å². The fourth-order valence-electron chi connectivity index (χ4n) is 3.53. The monoisotopic (exact) mass is 509 g/mol. The Bertz CT molecular complexity index is 1320. The minimum Gasteiger partial charge on any atom is -0.457 e. The third-order valence-corrected chi connectivity index (χ3v) is 6.32. The molecule has 3 aromatic rings. The topological polar surface area (TPSA) is 105 Å². The van der Waals surface area contributed by atoms with E-state index in [0.29, 0.717) is 17.2 Å². The average molecular weight is 510 g/mol. The Balaban J connectivity index is 1.82. The van der Waals surface area contributed by atoms with Crippen LogP contribution >= 0.6 is 0 Å². The van der Waals surface area contributed by atoms with Crippen LogP contribution < -0.4 is 19.7 Å². The number of hydrogen-bond donors (Lipinski definition) is 2. The molecule has 36 heavy (non-hydrogen) atoms. The predicted molar refractivity (Wildman–Crippen MR) is 142 cm³/mol. The van der Waals surface area contributed by atoms with E-state index in [-0.39, 0.29) is 17.2 Å². The lowest BCUT2D eigenvalue weighted by atomic mass is 10.1. The molecule has 8 nitrogen and oxygen atoms in total. The first kappa shape index (κ1) is 26.7. The molecule has 2 N–H and O–H groups in total. The van der Waals surface area contributed by atoms with Crippen molar-refractivity contribution in [1.29, 1.82) is 0 Å². The SMILES string of the molecule is C[C@@H](C(=O)Nc1ccccc1C(=O)NC(C)(C)C)N(c1ccc(Oc2ccccc2)cc1)S(C)(=O)=O. The molecular weight excluding hydrogens is 478 g/mol. The Morgan fingerprint density at radius 3 is 2.00 bits per heavy atom. The molecule has 0 saturated carbocycles. The molecule has 0 aromatic heterocycles. The highest BCUT2D eigenvalue weighted by Crippen LogP contribution is 2.27. The number of amides is 2. The van der Waals surface area contributed by atoms with Gasteiger partial charge >= 0.3 is 0 Å². The Hall–Kier alpha value is -3.85. The molecular formula is C27H31N3O5S. The van der Waals surface area contributed by atoms with E-state index < -0.39 is 27.5 Å². The van der Waals surface area contributed by atoms with Gasteiger partial charge in [-0.1, -0.05) is 30.3 Å². The van der Waals surface area contributed by atoms with E-state index in [2.05, 4.69) is 10.6 Å². The largest absolute Gasteiger partial charge is 0.457 e. The number of benzene rings is 3. The fraction of sp³-hybridized carbons (Fsp3) is 0.259. The van der Waals surface area contributed by atoms with Crippen LogP contribution in [0.15, 0.2) is 78.9 Å². The smallest absolute Gasteiger partial charge is 0.253 e. The molecule has 1 atom stereocenters. The number of anilines is 2. The first-order valence-electron chi connectivity index (χ1n) is 11.4. The van der Waals surface area contributed by atoms with Gasteiger partial charge in [-0.05, 0) is 76.2 Å². The van der Waals surface area contributed by atoms with Crippen molar-refractivity contribution in [2.24, 2.45) is 0 Å². The first-order valence-corrected chi connectivity index (χ1v) is 13.2. The van der Waals surface area contributed by atoms with E-state index in [4.69, 9.17) is 4.74 Å². The molecule has 0 radical (unpaired) electrons. The first-order chi connectivity index (χ1) is 16.8. The van der Waals surface area contributed by atoms with Gasteiger partial charge in [0.1, 0.15) is 17.5 Å². The number of ether oxygens (including phenoxy) is 1. The number of nitrogens with zero attached hydrogens (tertiary/aromatic N) is 1. The molecule has 0 bridgehead atoms. The van der Waals surface area contributed by atoms with Crippen LogP contribution in [0.5, 0.6) is 11.5 Å². The summed E-state index contributed by atoms with van der Waals surface area (Å²) in [5, 5.41) is 5.58. The van der Waals surface area contributed by atoms with Crippen LogP contribution in [0.25, 0.3) is 0 Å². The lowest BCUT2D eigenvalue weighted by Crippen LogP contribution is -2.45. The summed E-state index contributed by atoms with van der Waals surface area (Å²) in [6.07, 6.45) is 1.04. The van der Waals surface area contributed by atoms with Gasteiger partial charge in [-0.25, -0.2) is 8.42 Å². The molecule has 3 rings (SSSR count). The van der Waals surface area contributed by atoms with E-state index in [0.717, 1.165) is 10.6 Å². The molecule has 190 valence electrons. The van der Waals surface area contributed by atoms with Crippen molar-refractivity contribution in [1.82, 2.24) is 5.32 Å². The third-order valence-electron chi connectivity index (χ3n) is 5.08. The van der Waals surface area contributed by atoms with Crippen LogP contribution in [0.1, 0.15) is 38.1 Å². The summed E-state index contributed by atoms with van der Waals surface area (Å²) in [6.45, 7) is 7.06. The van der Waals surface area contributed by atoms with Crippen molar-refractivity contribution in [3.05, 3.63) is 84.4 Å². The van der Waals surface area contributed by atoms with Gasteiger partial charge in [0.2, 0.25) is 15.9 Å². The summed E-state index contributed by atoms with van der Waals surface area (Å²) in [4.78, 5) is 25.9. The predicted octanol–water partition coefficient (Wildman–Crippen LogP) is 4.80.